The number of rotatable bonds is 3. The van der Waals surface area contributed by atoms with E-state index >= 15 is 0 Å². The van der Waals surface area contributed by atoms with Crippen molar-refractivity contribution in [1.82, 2.24) is 4.90 Å². The molecule has 1 unspecified atom stereocenters. The number of nitrogens with two attached hydrogens (primary N) is 1. The van der Waals surface area contributed by atoms with Crippen molar-refractivity contribution in [2.24, 2.45) is 10.7 Å². The maximum absolute atomic E-state index is 13.4. The smallest absolute Gasteiger partial charge is 0.475 e. The zero-order valence-electron chi connectivity index (χ0n) is 19.6. The van der Waals surface area contributed by atoms with E-state index in [1.54, 1.807) is 7.05 Å². The van der Waals surface area contributed by atoms with Crippen LogP contribution in [0.15, 0.2) is 102 Å². The molecule has 1 aliphatic heterocycles. The number of guanidine groups is 1. The Balaban J connectivity index is 0.000000405. The van der Waals surface area contributed by atoms with Gasteiger partial charge in [0, 0.05) is 7.05 Å². The summed E-state index contributed by atoms with van der Waals surface area (Å²) in [6, 6.07) is 32.3. The molecule has 6 nitrogen and oxygen atoms in total. The summed E-state index contributed by atoms with van der Waals surface area (Å²) in [4.78, 5) is 28.4. The third-order valence-corrected chi connectivity index (χ3v) is 6.06. The Kier molecular flexibility index (Phi) is 6.72. The van der Waals surface area contributed by atoms with Crippen molar-refractivity contribution in [3.63, 3.8) is 0 Å². The first kappa shape index (κ1) is 25.4. The predicted octanol–water partition coefficient (Wildman–Crippen LogP) is 5.17. The van der Waals surface area contributed by atoms with Gasteiger partial charge in [-0.15, -0.1) is 0 Å². The maximum Gasteiger partial charge on any atom is 0.490 e. The molecule has 9 heteroatoms. The van der Waals surface area contributed by atoms with Gasteiger partial charge in [-0.2, -0.15) is 13.2 Å². The Morgan fingerprint density at radius 2 is 1.46 bits per heavy atom. The lowest BCUT2D eigenvalue weighted by Gasteiger charge is -2.26. The minimum atomic E-state index is -5.08. The number of carboxylic acid groups (broad SMARTS) is 1. The molecule has 0 fully saturated rings. The van der Waals surface area contributed by atoms with Gasteiger partial charge in [-0.3, -0.25) is 9.69 Å². The molecule has 0 saturated carbocycles. The lowest BCUT2D eigenvalue weighted by Crippen LogP contribution is -2.41. The van der Waals surface area contributed by atoms with Gasteiger partial charge in [0.2, 0.25) is 0 Å². The van der Waals surface area contributed by atoms with E-state index in [0.717, 1.165) is 22.3 Å². The standard InChI is InChI=1S/C26H21N3O.C2HF3O2/c1-29-24(30)26(28-25(29)27,20-12-3-2-4-13-20)21-14-7-11-19(17-21)23-16-8-10-18-9-5-6-15-22(18)23;3-2(4,5)1(6)7/h2-17H,1H3,(H2,27,28);(H,6,7). The van der Waals surface area contributed by atoms with Crippen molar-refractivity contribution in [2.75, 3.05) is 7.05 Å². The van der Waals surface area contributed by atoms with Crippen LogP contribution in [0.5, 0.6) is 0 Å². The molecule has 0 bridgehead atoms. The maximum atomic E-state index is 13.4. The number of aliphatic carboxylic acids is 1. The Morgan fingerprint density at radius 1 is 0.892 bits per heavy atom. The van der Waals surface area contributed by atoms with Gasteiger partial charge in [0.25, 0.3) is 5.91 Å². The molecule has 0 radical (unpaired) electrons. The van der Waals surface area contributed by atoms with Gasteiger partial charge < -0.3 is 10.8 Å². The minimum Gasteiger partial charge on any atom is -0.475 e. The van der Waals surface area contributed by atoms with Crippen LogP contribution >= 0.6 is 0 Å². The molecule has 37 heavy (non-hydrogen) atoms. The van der Waals surface area contributed by atoms with Crippen molar-refractivity contribution in [2.45, 2.75) is 11.7 Å². The molecule has 0 aromatic heterocycles. The number of likely N-dealkylation sites (N-methyl/N-ethyl adjacent to an activating group) is 1. The first-order valence-corrected chi connectivity index (χ1v) is 11.1. The first-order chi connectivity index (χ1) is 17.6. The highest BCUT2D eigenvalue weighted by molar-refractivity contribution is 6.09. The number of carbonyl (C=O) groups excluding carboxylic acids is 1. The van der Waals surface area contributed by atoms with Crippen LogP contribution < -0.4 is 5.73 Å². The van der Waals surface area contributed by atoms with Crippen LogP contribution in [0.4, 0.5) is 13.2 Å². The molecule has 1 amide bonds. The van der Waals surface area contributed by atoms with E-state index in [4.69, 9.17) is 20.6 Å². The molecule has 4 aromatic rings. The number of hydrogen-bond donors (Lipinski definition) is 2. The summed E-state index contributed by atoms with van der Waals surface area (Å²) in [7, 11) is 1.67. The second kappa shape index (κ2) is 9.77. The second-order valence-corrected chi connectivity index (χ2v) is 8.32. The summed E-state index contributed by atoms with van der Waals surface area (Å²) in [6.45, 7) is 0. The average Bonchev–Trinajstić information content (AvgIpc) is 3.13. The number of benzene rings is 4. The molecular formula is C28H22F3N3O3. The van der Waals surface area contributed by atoms with Gasteiger partial charge in [0.1, 0.15) is 0 Å². The summed E-state index contributed by atoms with van der Waals surface area (Å²) >= 11 is 0. The number of alkyl halides is 3. The summed E-state index contributed by atoms with van der Waals surface area (Å²) in [5.74, 6) is -2.69. The molecule has 188 valence electrons. The molecule has 0 saturated heterocycles. The quantitative estimate of drug-likeness (QED) is 0.402. The first-order valence-electron chi connectivity index (χ1n) is 11.1. The minimum absolute atomic E-state index is 0.152. The van der Waals surface area contributed by atoms with Crippen molar-refractivity contribution < 1.29 is 27.9 Å². The lowest BCUT2D eigenvalue weighted by molar-refractivity contribution is -0.192. The number of hydrogen-bond acceptors (Lipinski definition) is 4. The highest BCUT2D eigenvalue weighted by Crippen LogP contribution is 2.41. The third kappa shape index (κ3) is 4.75. The molecule has 0 aliphatic carbocycles. The Labute approximate surface area is 210 Å². The lowest BCUT2D eigenvalue weighted by atomic mass is 9.81. The van der Waals surface area contributed by atoms with Gasteiger partial charge in [-0.05, 0) is 39.1 Å². The molecular weight excluding hydrogens is 483 g/mol. The Morgan fingerprint density at radius 3 is 2.08 bits per heavy atom. The molecule has 1 atom stereocenters. The second-order valence-electron chi connectivity index (χ2n) is 8.32. The zero-order valence-corrected chi connectivity index (χ0v) is 19.6. The fourth-order valence-corrected chi connectivity index (χ4v) is 4.25. The van der Waals surface area contributed by atoms with E-state index < -0.39 is 17.7 Å². The number of fused-ring (bicyclic) bond motifs is 1. The number of halogens is 3. The molecule has 1 heterocycles. The summed E-state index contributed by atoms with van der Waals surface area (Å²) in [5.41, 5.74) is 8.68. The van der Waals surface area contributed by atoms with Gasteiger partial charge in [-0.25, -0.2) is 9.79 Å². The molecule has 4 aromatic carbocycles. The largest absolute Gasteiger partial charge is 0.490 e. The number of nitrogens with zero attached hydrogens (tertiary/aromatic N) is 2. The summed E-state index contributed by atoms with van der Waals surface area (Å²) in [6.07, 6.45) is -5.08. The van der Waals surface area contributed by atoms with E-state index in [0.29, 0.717) is 0 Å². The van der Waals surface area contributed by atoms with Gasteiger partial charge in [0.05, 0.1) is 0 Å². The average molecular weight is 505 g/mol. The van der Waals surface area contributed by atoms with Crippen LogP contribution in [0.2, 0.25) is 0 Å². The fourth-order valence-electron chi connectivity index (χ4n) is 4.25. The number of carboxylic acids is 1. The van der Waals surface area contributed by atoms with Crippen molar-refractivity contribution in [3.8, 4) is 11.1 Å². The number of aliphatic imine (C=N–C) groups is 1. The molecule has 0 spiro atoms. The van der Waals surface area contributed by atoms with Crippen molar-refractivity contribution in [3.05, 3.63) is 108 Å². The number of amides is 1. The molecule has 5 rings (SSSR count). The monoisotopic (exact) mass is 505 g/mol. The topological polar surface area (TPSA) is 96.0 Å². The van der Waals surface area contributed by atoms with E-state index in [9.17, 15) is 18.0 Å². The van der Waals surface area contributed by atoms with Crippen LogP contribution in [0, 0.1) is 0 Å². The van der Waals surface area contributed by atoms with E-state index in [1.165, 1.54) is 15.7 Å². The Hall–Kier alpha value is -4.66. The van der Waals surface area contributed by atoms with Crippen molar-refractivity contribution in [1.29, 1.82) is 0 Å². The zero-order chi connectivity index (χ0) is 26.8. The predicted molar refractivity (Wildman–Crippen MR) is 135 cm³/mol. The van der Waals surface area contributed by atoms with Crippen LogP contribution in [0.25, 0.3) is 21.9 Å². The van der Waals surface area contributed by atoms with E-state index in [-0.39, 0.29) is 11.9 Å². The summed E-state index contributed by atoms with van der Waals surface area (Å²) in [5, 5.41) is 9.47. The van der Waals surface area contributed by atoms with Crippen LogP contribution in [0.3, 0.4) is 0 Å². The van der Waals surface area contributed by atoms with E-state index in [1.807, 2.05) is 54.6 Å². The Bertz CT molecular complexity index is 1500. The molecule has 1 aliphatic rings. The van der Waals surface area contributed by atoms with Crippen LogP contribution in [-0.2, 0) is 15.1 Å². The van der Waals surface area contributed by atoms with E-state index in [2.05, 4.69) is 42.5 Å². The number of carbonyl (C=O) groups is 2. The van der Waals surface area contributed by atoms with Crippen molar-refractivity contribution >= 4 is 28.6 Å². The normalized spacial score (nSPS) is 17.2. The highest BCUT2D eigenvalue weighted by atomic mass is 19.4. The van der Waals surface area contributed by atoms with Crippen LogP contribution in [-0.4, -0.2) is 41.1 Å². The fraction of sp³-hybridized carbons (Fsp3) is 0.107. The molecule has 3 N–H and O–H groups in total. The van der Waals surface area contributed by atoms with Gasteiger partial charge in [-0.1, -0.05) is 91.0 Å². The third-order valence-electron chi connectivity index (χ3n) is 6.06. The highest BCUT2D eigenvalue weighted by Gasteiger charge is 2.49. The van der Waals surface area contributed by atoms with Gasteiger partial charge in [0.15, 0.2) is 11.5 Å². The summed E-state index contributed by atoms with van der Waals surface area (Å²) < 4.78 is 31.7. The van der Waals surface area contributed by atoms with Gasteiger partial charge >= 0.3 is 12.1 Å². The SMILES string of the molecule is CN1C(=O)C(c2ccccc2)(c2cccc(-c3cccc4ccccc34)c2)N=C1N.O=C(O)C(F)(F)F. The van der Waals surface area contributed by atoms with Crippen LogP contribution in [0.1, 0.15) is 11.1 Å².